The van der Waals surface area contributed by atoms with Gasteiger partial charge in [-0.3, -0.25) is 10.1 Å². The standard InChI is InChI=1S/C19H18N4OS/c1-23(2)16-10-8-15(9-11-16)13-20-22-19-21-18(24)17(25-19)12-14-6-4-3-5-7-14/h3-13H,1-2H3,(H,21,22,24)/b17-12+,20-13+. The van der Waals surface area contributed by atoms with Gasteiger partial charge in [-0.05, 0) is 41.1 Å². The Morgan fingerprint density at radius 3 is 2.40 bits per heavy atom. The largest absolute Gasteiger partial charge is 0.378 e. The highest BCUT2D eigenvalue weighted by Gasteiger charge is 2.23. The lowest BCUT2D eigenvalue weighted by atomic mass is 10.2. The van der Waals surface area contributed by atoms with E-state index in [0.717, 1.165) is 16.8 Å². The highest BCUT2D eigenvalue weighted by molar-refractivity contribution is 8.18. The number of nitrogens with zero attached hydrogens (tertiary/aromatic N) is 3. The van der Waals surface area contributed by atoms with Crippen LogP contribution >= 0.6 is 11.8 Å². The number of amides is 1. The summed E-state index contributed by atoms with van der Waals surface area (Å²) in [7, 11) is 3.99. The van der Waals surface area contributed by atoms with Crippen LogP contribution in [0.25, 0.3) is 6.08 Å². The summed E-state index contributed by atoms with van der Waals surface area (Å²) < 4.78 is 0. The lowest BCUT2D eigenvalue weighted by Gasteiger charge is -2.11. The van der Waals surface area contributed by atoms with Crippen LogP contribution in [-0.2, 0) is 4.79 Å². The average Bonchev–Trinajstić information content (AvgIpc) is 2.96. The van der Waals surface area contributed by atoms with Crippen molar-refractivity contribution < 1.29 is 4.79 Å². The predicted octanol–water partition coefficient (Wildman–Crippen LogP) is 3.35. The van der Waals surface area contributed by atoms with E-state index in [1.165, 1.54) is 11.8 Å². The van der Waals surface area contributed by atoms with Gasteiger partial charge in [0.1, 0.15) is 0 Å². The van der Waals surface area contributed by atoms with Gasteiger partial charge in [0, 0.05) is 19.8 Å². The van der Waals surface area contributed by atoms with Gasteiger partial charge < -0.3 is 4.90 Å². The van der Waals surface area contributed by atoms with Crippen LogP contribution < -0.4 is 10.2 Å². The molecule has 1 N–H and O–H groups in total. The molecule has 25 heavy (non-hydrogen) atoms. The first kappa shape index (κ1) is 17.0. The van der Waals surface area contributed by atoms with Crippen LogP contribution in [0.4, 0.5) is 5.69 Å². The number of hydrogen-bond acceptors (Lipinski definition) is 5. The number of rotatable bonds is 4. The summed E-state index contributed by atoms with van der Waals surface area (Å²) >= 11 is 1.29. The third kappa shape index (κ3) is 4.58. The molecule has 1 aliphatic rings. The minimum Gasteiger partial charge on any atom is -0.378 e. The molecule has 0 atom stereocenters. The average molecular weight is 350 g/mol. The van der Waals surface area contributed by atoms with E-state index in [2.05, 4.69) is 15.5 Å². The predicted molar refractivity (Wildman–Crippen MR) is 106 cm³/mol. The minimum absolute atomic E-state index is 0.155. The Balaban J connectivity index is 1.66. The van der Waals surface area contributed by atoms with Gasteiger partial charge in [0.15, 0.2) is 5.17 Å². The number of benzene rings is 2. The fraction of sp³-hybridized carbons (Fsp3) is 0.105. The van der Waals surface area contributed by atoms with Gasteiger partial charge in [-0.2, -0.15) is 5.10 Å². The number of thioether (sulfide) groups is 1. The van der Waals surface area contributed by atoms with Gasteiger partial charge >= 0.3 is 0 Å². The zero-order valence-electron chi connectivity index (χ0n) is 14.0. The molecule has 1 aliphatic heterocycles. The van der Waals surface area contributed by atoms with Gasteiger partial charge in [0.05, 0.1) is 11.1 Å². The zero-order valence-corrected chi connectivity index (χ0v) is 14.8. The van der Waals surface area contributed by atoms with Crippen LogP contribution in [0, 0.1) is 0 Å². The Hall–Kier alpha value is -2.86. The third-order valence-corrected chi connectivity index (χ3v) is 4.41. The van der Waals surface area contributed by atoms with Gasteiger partial charge in [0.25, 0.3) is 5.91 Å². The first-order valence-electron chi connectivity index (χ1n) is 7.76. The Morgan fingerprint density at radius 1 is 1.00 bits per heavy atom. The Kier molecular flexibility index (Phi) is 5.30. The fourth-order valence-electron chi connectivity index (χ4n) is 2.18. The van der Waals surface area contributed by atoms with Gasteiger partial charge in [-0.25, -0.2) is 0 Å². The second-order valence-corrected chi connectivity index (χ2v) is 6.64. The minimum atomic E-state index is -0.155. The van der Waals surface area contributed by atoms with Crippen LogP contribution in [0.3, 0.4) is 0 Å². The van der Waals surface area contributed by atoms with Crippen LogP contribution in [0.1, 0.15) is 11.1 Å². The maximum atomic E-state index is 12.0. The summed E-state index contributed by atoms with van der Waals surface area (Å²) in [5, 5.41) is 11.3. The molecule has 0 radical (unpaired) electrons. The Labute approximate surface area is 151 Å². The van der Waals surface area contributed by atoms with Crippen molar-refractivity contribution in [2.45, 2.75) is 0 Å². The van der Waals surface area contributed by atoms with Crippen LogP contribution in [-0.4, -0.2) is 31.4 Å². The van der Waals surface area contributed by atoms with Crippen molar-refractivity contribution in [2.75, 3.05) is 19.0 Å². The molecule has 0 unspecified atom stereocenters. The number of hydrogen-bond donors (Lipinski definition) is 1. The Morgan fingerprint density at radius 2 is 1.72 bits per heavy atom. The zero-order chi connectivity index (χ0) is 17.6. The van der Waals surface area contributed by atoms with Crippen LogP contribution in [0.2, 0.25) is 0 Å². The molecule has 1 amide bonds. The Bertz CT molecular complexity index is 839. The van der Waals surface area contributed by atoms with Gasteiger partial charge in [-0.1, -0.05) is 42.5 Å². The summed E-state index contributed by atoms with van der Waals surface area (Å²) in [5.74, 6) is -0.155. The van der Waals surface area contributed by atoms with E-state index in [1.807, 2.05) is 79.7 Å². The molecule has 0 aliphatic carbocycles. The topological polar surface area (TPSA) is 57.1 Å². The second kappa shape index (κ2) is 7.81. The van der Waals surface area contributed by atoms with E-state index in [-0.39, 0.29) is 5.91 Å². The van der Waals surface area contributed by atoms with E-state index >= 15 is 0 Å². The molecule has 0 aromatic heterocycles. The molecule has 1 heterocycles. The van der Waals surface area contributed by atoms with Gasteiger partial charge in [-0.15, -0.1) is 5.10 Å². The number of amidine groups is 1. The summed E-state index contributed by atoms with van der Waals surface area (Å²) in [5.41, 5.74) is 3.05. The quantitative estimate of drug-likeness (QED) is 0.523. The van der Waals surface area contributed by atoms with Crippen molar-refractivity contribution in [1.29, 1.82) is 0 Å². The van der Waals surface area contributed by atoms with E-state index in [9.17, 15) is 4.79 Å². The van der Waals surface area contributed by atoms with Crippen molar-refractivity contribution in [1.82, 2.24) is 5.32 Å². The maximum Gasteiger partial charge on any atom is 0.264 e. The molecule has 1 fully saturated rings. The molecule has 2 aromatic rings. The summed E-state index contributed by atoms with van der Waals surface area (Å²) in [6, 6.07) is 17.7. The second-order valence-electron chi connectivity index (χ2n) is 5.61. The first-order valence-corrected chi connectivity index (χ1v) is 8.58. The monoisotopic (exact) mass is 350 g/mol. The third-order valence-electron chi connectivity index (χ3n) is 3.51. The highest BCUT2D eigenvalue weighted by atomic mass is 32.2. The first-order chi connectivity index (χ1) is 12.1. The van der Waals surface area contributed by atoms with Crippen molar-refractivity contribution in [3.05, 3.63) is 70.6 Å². The normalized spacial score (nSPS) is 17.4. The van der Waals surface area contributed by atoms with Crippen LogP contribution in [0.15, 0.2) is 69.7 Å². The molecule has 5 nitrogen and oxygen atoms in total. The molecule has 6 heteroatoms. The highest BCUT2D eigenvalue weighted by Crippen LogP contribution is 2.25. The van der Waals surface area contributed by atoms with Crippen molar-refractivity contribution in [2.24, 2.45) is 10.2 Å². The number of carbonyl (C=O) groups is 1. The molecule has 0 saturated carbocycles. The van der Waals surface area contributed by atoms with E-state index < -0.39 is 0 Å². The maximum absolute atomic E-state index is 12.0. The van der Waals surface area contributed by atoms with E-state index in [0.29, 0.717) is 10.1 Å². The number of carbonyl (C=O) groups excluding carboxylic acids is 1. The molecular weight excluding hydrogens is 332 g/mol. The lowest BCUT2D eigenvalue weighted by molar-refractivity contribution is -0.115. The van der Waals surface area contributed by atoms with Gasteiger partial charge in [0.2, 0.25) is 0 Å². The summed E-state index contributed by atoms with van der Waals surface area (Å²) in [4.78, 5) is 14.6. The molecule has 0 bridgehead atoms. The number of anilines is 1. The molecular formula is C19H18N4OS. The smallest absolute Gasteiger partial charge is 0.264 e. The molecule has 0 spiro atoms. The van der Waals surface area contributed by atoms with E-state index in [1.54, 1.807) is 6.21 Å². The van der Waals surface area contributed by atoms with Crippen molar-refractivity contribution in [3.8, 4) is 0 Å². The SMILES string of the molecule is CN(C)c1ccc(/C=N/N=C2\NC(=O)/C(=C\c3ccccc3)S2)cc1. The molecule has 126 valence electrons. The molecule has 2 aromatic carbocycles. The summed E-state index contributed by atoms with van der Waals surface area (Å²) in [6.07, 6.45) is 3.50. The fourth-order valence-corrected chi connectivity index (χ4v) is 2.96. The molecule has 3 rings (SSSR count). The van der Waals surface area contributed by atoms with E-state index in [4.69, 9.17) is 0 Å². The van der Waals surface area contributed by atoms with Crippen LogP contribution in [0.5, 0.6) is 0 Å². The van der Waals surface area contributed by atoms with Crippen molar-refractivity contribution >= 4 is 40.8 Å². The summed E-state index contributed by atoms with van der Waals surface area (Å²) in [6.45, 7) is 0. The number of nitrogens with one attached hydrogen (secondary N) is 1. The molecule has 1 saturated heterocycles. The lowest BCUT2D eigenvalue weighted by Crippen LogP contribution is -2.19. The van der Waals surface area contributed by atoms with Crippen molar-refractivity contribution in [3.63, 3.8) is 0 Å².